The van der Waals surface area contributed by atoms with Crippen LogP contribution in [-0.4, -0.2) is 4.57 Å². The number of anilines is 3. The van der Waals surface area contributed by atoms with E-state index in [1.165, 1.54) is 116 Å². The number of hydrogen-bond donors (Lipinski definition) is 0. The lowest BCUT2D eigenvalue weighted by Gasteiger charge is -2.39. The predicted octanol–water partition coefficient (Wildman–Crippen LogP) is 20.4. The summed E-state index contributed by atoms with van der Waals surface area (Å²) in [5, 5.41) is 10.2. The molecule has 0 amide bonds. The number of aromatic nitrogens is 1. The molecule has 2 nitrogen and oxygen atoms in total. The monoisotopic (exact) mass is 933 g/mol. The summed E-state index contributed by atoms with van der Waals surface area (Å²) >= 11 is 0. The molecule has 0 spiro atoms. The lowest BCUT2D eigenvalue weighted by Crippen LogP contribution is -2.25. The van der Waals surface area contributed by atoms with Crippen LogP contribution in [0.2, 0.25) is 0 Å². The topological polar surface area (TPSA) is 8.17 Å². The van der Waals surface area contributed by atoms with E-state index in [0.717, 1.165) is 5.69 Å². The molecule has 0 radical (unpaired) electrons. The first-order chi connectivity index (χ1) is 33.2. The number of fused-ring (bicyclic) bond motifs is 3. The van der Waals surface area contributed by atoms with Crippen LogP contribution in [0.25, 0.3) is 70.9 Å². The summed E-state index contributed by atoms with van der Waals surface area (Å²) in [6.45, 7) is 40.1. The Kier molecular flexibility index (Phi) is 11.3. The molecule has 2 heteroatoms. The lowest BCUT2D eigenvalue weighted by atomic mass is 9.71. The van der Waals surface area contributed by atoms with Gasteiger partial charge >= 0.3 is 0 Å². The Morgan fingerprint density at radius 1 is 0.408 bits per heavy atom. The normalized spacial score (nSPS) is 13.3. The van der Waals surface area contributed by atoms with Crippen molar-refractivity contribution in [2.24, 2.45) is 0 Å². The van der Waals surface area contributed by atoms with E-state index >= 15 is 0 Å². The second kappa shape index (κ2) is 16.6. The first kappa shape index (κ1) is 48.3. The minimum Gasteiger partial charge on any atom is -0.310 e. The Labute approximate surface area is 425 Å². The van der Waals surface area contributed by atoms with Gasteiger partial charge in [0.15, 0.2) is 0 Å². The summed E-state index contributed by atoms with van der Waals surface area (Å²) in [7, 11) is 0. The number of hydrogen-bond acceptors (Lipinski definition) is 1. The van der Waals surface area contributed by atoms with E-state index in [4.69, 9.17) is 0 Å². The third kappa shape index (κ3) is 8.20. The molecular weight excluding hydrogens is 857 g/mol. The minimum absolute atomic E-state index is 0.0202. The van der Waals surface area contributed by atoms with Crippen molar-refractivity contribution in [2.75, 3.05) is 4.90 Å². The molecule has 0 saturated heterocycles. The lowest BCUT2D eigenvalue weighted by molar-refractivity contribution is 0.567. The van der Waals surface area contributed by atoms with Crippen LogP contribution in [-0.2, 0) is 27.1 Å². The van der Waals surface area contributed by atoms with E-state index in [0.29, 0.717) is 0 Å². The molecule has 0 aliphatic carbocycles. The fourth-order valence-electron chi connectivity index (χ4n) is 11.6. The predicted molar refractivity (Wildman–Crippen MR) is 312 cm³/mol. The minimum atomic E-state index is -0.194. The highest BCUT2D eigenvalue weighted by atomic mass is 15.1. The maximum atomic E-state index is 2.63. The molecule has 0 aliphatic heterocycles. The Morgan fingerprint density at radius 2 is 0.901 bits per heavy atom. The Balaban J connectivity index is 1.31. The Hall–Kier alpha value is -6.38. The van der Waals surface area contributed by atoms with E-state index in [1.807, 2.05) is 0 Å². The molecule has 0 N–H and O–H groups in total. The van der Waals surface area contributed by atoms with Crippen LogP contribution in [0.3, 0.4) is 0 Å². The molecule has 0 saturated carbocycles. The molecule has 10 aromatic rings. The van der Waals surface area contributed by atoms with Crippen molar-refractivity contribution in [3.8, 4) is 16.8 Å². The van der Waals surface area contributed by atoms with E-state index in [-0.39, 0.29) is 33.0 Å². The summed E-state index contributed by atoms with van der Waals surface area (Å²) in [4.78, 5) is 2.63. The largest absolute Gasteiger partial charge is 0.310 e. The number of nitrogens with zero attached hydrogens (tertiary/aromatic N) is 2. The Bertz CT molecular complexity index is 3580. The second-order valence-electron chi connectivity index (χ2n) is 26.2. The van der Waals surface area contributed by atoms with Crippen LogP contribution in [0.4, 0.5) is 17.1 Å². The van der Waals surface area contributed by atoms with Gasteiger partial charge in [-0.15, -0.1) is 0 Å². The average Bonchev–Trinajstić information content (AvgIpc) is 3.62. The van der Waals surface area contributed by atoms with E-state index in [2.05, 4.69) is 273 Å². The van der Waals surface area contributed by atoms with Gasteiger partial charge in [0.1, 0.15) is 0 Å². The van der Waals surface area contributed by atoms with E-state index < -0.39 is 0 Å². The first-order valence-electron chi connectivity index (χ1n) is 26.2. The highest BCUT2D eigenvalue weighted by Crippen LogP contribution is 2.53. The van der Waals surface area contributed by atoms with Gasteiger partial charge in [0.2, 0.25) is 0 Å². The second-order valence-corrected chi connectivity index (χ2v) is 26.2. The maximum absolute atomic E-state index is 2.63. The van der Waals surface area contributed by atoms with Crippen LogP contribution < -0.4 is 4.90 Å². The molecular formula is C69H76N2. The maximum Gasteiger partial charge on any atom is 0.0541 e. The summed E-state index contributed by atoms with van der Waals surface area (Å²) in [6, 6.07) is 56.6. The molecule has 71 heavy (non-hydrogen) atoms. The van der Waals surface area contributed by atoms with Gasteiger partial charge in [-0.3, -0.25) is 0 Å². The van der Waals surface area contributed by atoms with Crippen molar-refractivity contribution < 1.29 is 0 Å². The third-order valence-electron chi connectivity index (χ3n) is 15.4. The molecule has 0 aliphatic rings. The first-order valence-corrected chi connectivity index (χ1v) is 26.2. The molecule has 0 bridgehead atoms. The van der Waals surface area contributed by atoms with Crippen LogP contribution >= 0.6 is 0 Å². The third-order valence-corrected chi connectivity index (χ3v) is 15.4. The highest BCUT2D eigenvalue weighted by Gasteiger charge is 2.35. The van der Waals surface area contributed by atoms with Gasteiger partial charge in [0.25, 0.3) is 0 Å². The summed E-state index contributed by atoms with van der Waals surface area (Å²) in [5.74, 6) is 0.270. The van der Waals surface area contributed by atoms with Crippen LogP contribution in [0.15, 0.2) is 146 Å². The molecule has 362 valence electrons. The average molecular weight is 933 g/mol. The van der Waals surface area contributed by atoms with Gasteiger partial charge in [-0.05, 0) is 154 Å². The number of benzene rings is 9. The van der Waals surface area contributed by atoms with Crippen molar-refractivity contribution >= 4 is 71.2 Å². The smallest absolute Gasteiger partial charge is 0.0541 e. The van der Waals surface area contributed by atoms with Crippen molar-refractivity contribution in [2.45, 2.75) is 151 Å². The fourth-order valence-corrected chi connectivity index (χ4v) is 11.6. The highest BCUT2D eigenvalue weighted by molar-refractivity contribution is 6.27. The fraction of sp³-hybridized carbons (Fsp3) is 0.333. The molecule has 0 fully saturated rings. The van der Waals surface area contributed by atoms with Crippen molar-refractivity contribution in [3.63, 3.8) is 0 Å². The van der Waals surface area contributed by atoms with Gasteiger partial charge < -0.3 is 9.47 Å². The van der Waals surface area contributed by atoms with Crippen LogP contribution in [0.5, 0.6) is 0 Å². The van der Waals surface area contributed by atoms with Crippen molar-refractivity contribution in [3.05, 3.63) is 179 Å². The zero-order valence-corrected chi connectivity index (χ0v) is 45.8. The Morgan fingerprint density at radius 3 is 1.41 bits per heavy atom. The molecule has 1 heterocycles. The SMILES string of the molecule is CC(C)c1c(-c2ccccc2)c(C(C)(C)C)cc(N(c2ccc(C(C)(C)C)cc2)c2ccc3ccc4c(-n5c6ccc(C(C)(C)C)cc6c6cc(C(C)(C)C)ccc65)ccc5ccc2c3c54)c1C(C)(C)C. The molecule has 9 aromatic carbocycles. The van der Waals surface area contributed by atoms with Crippen LogP contribution in [0, 0.1) is 0 Å². The van der Waals surface area contributed by atoms with Gasteiger partial charge in [0, 0.05) is 27.2 Å². The molecule has 0 atom stereocenters. The zero-order chi connectivity index (χ0) is 50.9. The van der Waals surface area contributed by atoms with Crippen LogP contribution in [0.1, 0.15) is 157 Å². The molecule has 1 aromatic heterocycles. The van der Waals surface area contributed by atoms with Gasteiger partial charge in [-0.25, -0.2) is 0 Å². The summed E-state index contributed by atoms with van der Waals surface area (Å²) in [6.07, 6.45) is 0. The zero-order valence-electron chi connectivity index (χ0n) is 45.8. The van der Waals surface area contributed by atoms with Crippen molar-refractivity contribution in [1.29, 1.82) is 0 Å². The van der Waals surface area contributed by atoms with Crippen molar-refractivity contribution in [1.82, 2.24) is 4.57 Å². The van der Waals surface area contributed by atoms with Gasteiger partial charge in [-0.2, -0.15) is 0 Å². The summed E-state index contributed by atoms with van der Waals surface area (Å²) in [5.41, 5.74) is 17.9. The molecule has 0 unspecified atom stereocenters. The standard InChI is InChI=1S/C69H76N2/c1-42(2)60-63(43-21-19-18-20-22-43)54(68(12,13)14)41-59(64(60)69(15,16)17)70(49-31-27-46(28-32-49)65(3,4)5)55-35-25-44-24-34-51-56(36-26-45-23-33-50(55)61(44)62(45)51)71-57-37-29-47(66(6,7)8)39-52(57)53-40-48(67(9,10)11)30-38-58(53)71/h18-42H,1-17H3. The number of rotatable bonds is 6. The molecule has 10 rings (SSSR count). The van der Waals surface area contributed by atoms with Gasteiger partial charge in [0.05, 0.1) is 28.1 Å². The summed E-state index contributed by atoms with van der Waals surface area (Å²) < 4.78 is 2.55. The van der Waals surface area contributed by atoms with Gasteiger partial charge in [-0.1, -0.05) is 209 Å². The van der Waals surface area contributed by atoms with E-state index in [1.54, 1.807) is 0 Å². The van der Waals surface area contributed by atoms with E-state index in [9.17, 15) is 0 Å². The quantitative estimate of drug-likeness (QED) is 0.151.